The van der Waals surface area contributed by atoms with Gasteiger partial charge >= 0.3 is 6.18 Å². The van der Waals surface area contributed by atoms with Crippen LogP contribution in [0.5, 0.6) is 5.88 Å². The third kappa shape index (κ3) is 5.33. The van der Waals surface area contributed by atoms with Crippen LogP contribution in [0.1, 0.15) is 29.8 Å². The SMILES string of the molecule is CC(C)(COc1ccc(C(F)(F)F)cn1)NC(=O)c1ccc(=O)[nH]c1. The van der Waals surface area contributed by atoms with Crippen molar-refractivity contribution in [2.24, 2.45) is 0 Å². The molecule has 0 aromatic carbocycles. The highest BCUT2D eigenvalue weighted by Crippen LogP contribution is 2.29. The van der Waals surface area contributed by atoms with Crippen LogP contribution in [0, 0.1) is 0 Å². The van der Waals surface area contributed by atoms with Crippen LogP contribution in [-0.4, -0.2) is 28.0 Å². The molecule has 0 fully saturated rings. The van der Waals surface area contributed by atoms with Gasteiger partial charge in [-0.25, -0.2) is 4.98 Å². The predicted octanol–water partition coefficient (Wildman–Crippen LogP) is 2.38. The van der Waals surface area contributed by atoms with Crippen LogP contribution >= 0.6 is 0 Å². The molecule has 1 amide bonds. The zero-order chi connectivity index (χ0) is 18.7. The van der Waals surface area contributed by atoms with E-state index in [-0.39, 0.29) is 23.6 Å². The van der Waals surface area contributed by atoms with E-state index in [0.29, 0.717) is 6.20 Å². The average Bonchev–Trinajstić information content (AvgIpc) is 2.53. The van der Waals surface area contributed by atoms with Crippen molar-refractivity contribution >= 4 is 5.91 Å². The standard InChI is InChI=1S/C16H16F3N3O3/c1-15(2,22-14(24)10-3-5-12(23)20-7-10)9-25-13-6-4-11(8-21-13)16(17,18)19/h3-8H,9H2,1-2H3,(H,20,23)(H,22,24). The van der Waals surface area contributed by atoms with Crippen molar-refractivity contribution in [3.05, 3.63) is 58.1 Å². The van der Waals surface area contributed by atoms with Gasteiger partial charge in [-0.3, -0.25) is 9.59 Å². The maximum atomic E-state index is 12.5. The van der Waals surface area contributed by atoms with Gasteiger partial charge in [0.05, 0.1) is 16.7 Å². The number of aromatic nitrogens is 2. The van der Waals surface area contributed by atoms with Gasteiger partial charge in [0.15, 0.2) is 0 Å². The fourth-order valence-electron chi connectivity index (χ4n) is 1.86. The van der Waals surface area contributed by atoms with Crippen molar-refractivity contribution in [2.75, 3.05) is 6.61 Å². The monoisotopic (exact) mass is 355 g/mol. The zero-order valence-corrected chi connectivity index (χ0v) is 13.5. The average molecular weight is 355 g/mol. The van der Waals surface area contributed by atoms with Crippen LogP contribution in [0.25, 0.3) is 0 Å². The quantitative estimate of drug-likeness (QED) is 0.863. The lowest BCUT2D eigenvalue weighted by Gasteiger charge is -2.26. The second-order valence-electron chi connectivity index (χ2n) is 5.95. The van der Waals surface area contributed by atoms with E-state index in [1.807, 2.05) is 0 Å². The lowest BCUT2D eigenvalue weighted by molar-refractivity contribution is -0.137. The van der Waals surface area contributed by atoms with Crippen molar-refractivity contribution in [3.63, 3.8) is 0 Å². The van der Waals surface area contributed by atoms with Gasteiger partial charge in [-0.1, -0.05) is 0 Å². The topological polar surface area (TPSA) is 84.1 Å². The zero-order valence-electron chi connectivity index (χ0n) is 13.5. The lowest BCUT2D eigenvalue weighted by atomic mass is 10.1. The Morgan fingerprint density at radius 1 is 1.24 bits per heavy atom. The molecule has 2 rings (SSSR count). The number of aromatic amines is 1. The summed E-state index contributed by atoms with van der Waals surface area (Å²) in [6.07, 6.45) is -2.50. The summed E-state index contributed by atoms with van der Waals surface area (Å²) in [5, 5.41) is 2.70. The van der Waals surface area contributed by atoms with E-state index in [0.717, 1.165) is 12.1 Å². The van der Waals surface area contributed by atoms with Crippen LogP contribution in [-0.2, 0) is 6.18 Å². The molecule has 0 aliphatic heterocycles. The molecule has 0 unspecified atom stereocenters. The van der Waals surface area contributed by atoms with Gasteiger partial charge in [-0.05, 0) is 26.0 Å². The van der Waals surface area contributed by atoms with Gasteiger partial charge in [0.1, 0.15) is 6.61 Å². The van der Waals surface area contributed by atoms with Crippen LogP contribution in [0.3, 0.4) is 0 Å². The van der Waals surface area contributed by atoms with Crippen molar-refractivity contribution in [2.45, 2.75) is 25.6 Å². The largest absolute Gasteiger partial charge is 0.475 e. The molecule has 2 aromatic rings. The molecule has 2 heterocycles. The number of alkyl halides is 3. The number of ether oxygens (including phenoxy) is 1. The van der Waals surface area contributed by atoms with E-state index in [1.54, 1.807) is 13.8 Å². The van der Waals surface area contributed by atoms with Crippen molar-refractivity contribution in [3.8, 4) is 5.88 Å². The van der Waals surface area contributed by atoms with E-state index in [4.69, 9.17) is 4.74 Å². The summed E-state index contributed by atoms with van der Waals surface area (Å²) >= 11 is 0. The Hall–Kier alpha value is -2.84. The maximum absolute atomic E-state index is 12.5. The number of amides is 1. The third-order valence-corrected chi connectivity index (χ3v) is 3.14. The highest BCUT2D eigenvalue weighted by Gasteiger charge is 2.31. The summed E-state index contributed by atoms with van der Waals surface area (Å²) in [7, 11) is 0. The second kappa shape index (κ2) is 6.96. The number of hydrogen-bond donors (Lipinski definition) is 2. The first kappa shape index (κ1) is 18.5. The molecule has 134 valence electrons. The van der Waals surface area contributed by atoms with Crippen LogP contribution in [0.15, 0.2) is 41.5 Å². The summed E-state index contributed by atoms with van der Waals surface area (Å²) < 4.78 is 42.8. The van der Waals surface area contributed by atoms with Gasteiger partial charge in [-0.15, -0.1) is 0 Å². The van der Waals surface area contributed by atoms with E-state index in [1.165, 1.54) is 18.3 Å². The second-order valence-corrected chi connectivity index (χ2v) is 5.95. The Kier molecular flexibility index (Phi) is 5.15. The Labute approximate surface area is 141 Å². The predicted molar refractivity (Wildman–Crippen MR) is 83.3 cm³/mol. The van der Waals surface area contributed by atoms with Crippen molar-refractivity contribution in [1.29, 1.82) is 0 Å². The highest BCUT2D eigenvalue weighted by atomic mass is 19.4. The molecule has 6 nitrogen and oxygen atoms in total. The smallest absolute Gasteiger partial charge is 0.417 e. The minimum Gasteiger partial charge on any atom is -0.475 e. The van der Waals surface area contributed by atoms with Crippen LogP contribution in [0.2, 0.25) is 0 Å². The first-order valence-corrected chi connectivity index (χ1v) is 7.24. The molecule has 0 radical (unpaired) electrons. The van der Waals surface area contributed by atoms with E-state index in [2.05, 4.69) is 15.3 Å². The number of nitrogens with one attached hydrogen (secondary N) is 2. The molecule has 0 bridgehead atoms. The molecule has 0 aliphatic carbocycles. The number of hydrogen-bond acceptors (Lipinski definition) is 4. The summed E-state index contributed by atoms with van der Waals surface area (Å²) in [5.74, 6) is -0.412. The Morgan fingerprint density at radius 2 is 1.96 bits per heavy atom. The molecule has 0 saturated heterocycles. The molecular formula is C16H16F3N3O3. The fourth-order valence-corrected chi connectivity index (χ4v) is 1.86. The summed E-state index contributed by atoms with van der Waals surface area (Å²) in [4.78, 5) is 29.1. The van der Waals surface area contributed by atoms with E-state index in [9.17, 15) is 22.8 Å². The number of carbonyl (C=O) groups excluding carboxylic acids is 1. The molecular weight excluding hydrogens is 339 g/mol. The number of halogens is 3. The Bertz CT molecular complexity index is 778. The van der Waals surface area contributed by atoms with Gasteiger partial charge < -0.3 is 15.0 Å². The van der Waals surface area contributed by atoms with Crippen molar-refractivity contribution in [1.82, 2.24) is 15.3 Å². The summed E-state index contributed by atoms with van der Waals surface area (Å²) in [6, 6.07) is 4.59. The molecule has 0 spiro atoms. The van der Waals surface area contributed by atoms with Gasteiger partial charge in [0, 0.05) is 24.5 Å². The van der Waals surface area contributed by atoms with E-state index < -0.39 is 23.2 Å². The third-order valence-electron chi connectivity index (χ3n) is 3.14. The number of nitrogens with zero attached hydrogens (tertiary/aromatic N) is 1. The summed E-state index contributed by atoms with van der Waals surface area (Å²) in [5.41, 5.74) is -1.75. The normalized spacial score (nSPS) is 11.9. The van der Waals surface area contributed by atoms with Crippen molar-refractivity contribution < 1.29 is 22.7 Å². The first-order valence-electron chi connectivity index (χ1n) is 7.24. The Morgan fingerprint density at radius 3 is 2.48 bits per heavy atom. The molecule has 0 aliphatic rings. The molecule has 0 atom stereocenters. The molecule has 25 heavy (non-hydrogen) atoms. The number of H-pyrrole nitrogens is 1. The molecule has 2 N–H and O–H groups in total. The molecule has 0 saturated carbocycles. The highest BCUT2D eigenvalue weighted by molar-refractivity contribution is 5.94. The van der Waals surface area contributed by atoms with Gasteiger partial charge in [0.25, 0.3) is 5.91 Å². The lowest BCUT2D eigenvalue weighted by Crippen LogP contribution is -2.48. The minimum absolute atomic E-state index is 0.0133. The number of pyridine rings is 2. The minimum atomic E-state index is -4.46. The van der Waals surface area contributed by atoms with E-state index >= 15 is 0 Å². The van der Waals surface area contributed by atoms with Gasteiger partial charge in [0.2, 0.25) is 11.4 Å². The van der Waals surface area contributed by atoms with Gasteiger partial charge in [-0.2, -0.15) is 13.2 Å². The molecule has 2 aromatic heterocycles. The number of carbonyl (C=O) groups is 1. The maximum Gasteiger partial charge on any atom is 0.417 e. The summed E-state index contributed by atoms with van der Waals surface area (Å²) in [6.45, 7) is 3.35. The molecule has 9 heteroatoms. The first-order chi connectivity index (χ1) is 11.6. The number of rotatable bonds is 5. The Balaban J connectivity index is 1.95. The fraction of sp³-hybridized carbons (Fsp3) is 0.312. The van der Waals surface area contributed by atoms with Crippen LogP contribution < -0.4 is 15.6 Å². The van der Waals surface area contributed by atoms with Crippen LogP contribution in [0.4, 0.5) is 13.2 Å².